The van der Waals surface area contributed by atoms with Crippen LogP contribution in [-0.2, 0) is 24.6 Å². The number of aromatic nitrogens is 1. The van der Waals surface area contributed by atoms with Crippen molar-refractivity contribution in [1.82, 2.24) is 5.32 Å². The highest BCUT2D eigenvalue weighted by atomic mass is 32.1. The molecule has 176 valence electrons. The first-order valence-electron chi connectivity index (χ1n) is 10.0. The Kier molecular flexibility index (Phi) is 10.2. The van der Waals surface area contributed by atoms with Gasteiger partial charge in [-0.2, -0.15) is 0 Å². The quantitative estimate of drug-likeness (QED) is 0.204. The largest absolute Gasteiger partial charge is 0.500 e. The van der Waals surface area contributed by atoms with Crippen molar-refractivity contribution in [2.75, 3.05) is 54.0 Å². The summed E-state index contributed by atoms with van der Waals surface area (Å²) in [5.74, 6) is 0.515. The molecule has 1 amide bonds. The van der Waals surface area contributed by atoms with Gasteiger partial charge in [-0.3, -0.25) is 4.79 Å². The van der Waals surface area contributed by atoms with Crippen molar-refractivity contribution in [2.24, 2.45) is 10.2 Å². The van der Waals surface area contributed by atoms with E-state index in [-0.39, 0.29) is 12.5 Å². The lowest BCUT2D eigenvalue weighted by Gasteiger charge is -2.24. The van der Waals surface area contributed by atoms with E-state index in [2.05, 4.69) is 15.5 Å². The molecule has 0 spiro atoms. The number of amides is 1. The molecule has 0 aliphatic heterocycles. The topological polar surface area (TPSA) is 97.9 Å². The Bertz CT molecular complexity index is 896. The summed E-state index contributed by atoms with van der Waals surface area (Å²) >= 11 is 1.40. The first kappa shape index (κ1) is 25.9. The molecule has 1 aromatic carbocycles. The number of thiazole rings is 1. The molecule has 32 heavy (non-hydrogen) atoms. The summed E-state index contributed by atoms with van der Waals surface area (Å²) in [5.41, 5.74) is 1.62. The highest BCUT2D eigenvalue weighted by Crippen LogP contribution is 2.32. The average Bonchev–Trinajstić information content (AvgIpc) is 3.24. The van der Waals surface area contributed by atoms with Crippen LogP contribution in [0.2, 0.25) is 6.04 Å². The van der Waals surface area contributed by atoms with Crippen LogP contribution in [0, 0.1) is 0 Å². The Morgan fingerprint density at radius 2 is 1.88 bits per heavy atom. The molecule has 1 heterocycles. The van der Waals surface area contributed by atoms with E-state index in [1.807, 2.05) is 48.8 Å². The lowest BCUT2D eigenvalue weighted by molar-refractivity contribution is -0.667. The van der Waals surface area contributed by atoms with Crippen LogP contribution in [0.3, 0.4) is 0 Å². The van der Waals surface area contributed by atoms with E-state index in [1.54, 1.807) is 33.0 Å². The molecule has 0 bridgehead atoms. The van der Waals surface area contributed by atoms with Crippen molar-refractivity contribution in [1.29, 1.82) is 0 Å². The van der Waals surface area contributed by atoms with Crippen LogP contribution in [0.25, 0.3) is 0 Å². The van der Waals surface area contributed by atoms with Gasteiger partial charge in [0, 0.05) is 65.1 Å². The van der Waals surface area contributed by atoms with E-state index in [9.17, 15) is 4.79 Å². The van der Waals surface area contributed by atoms with E-state index in [0.29, 0.717) is 35.6 Å². The molecule has 0 aliphatic carbocycles. The predicted molar refractivity (Wildman–Crippen MR) is 125 cm³/mol. The molecule has 0 unspecified atom stereocenters. The molecular weight excluding hydrogens is 450 g/mol. The van der Waals surface area contributed by atoms with Crippen molar-refractivity contribution in [3.05, 3.63) is 29.8 Å². The summed E-state index contributed by atoms with van der Waals surface area (Å²) in [5, 5.41) is 14.0. The minimum Gasteiger partial charge on any atom is -0.494 e. The Morgan fingerprint density at radius 3 is 2.50 bits per heavy atom. The number of hydrogen-bond acceptors (Lipinski definition) is 9. The molecule has 2 aromatic rings. The second-order valence-corrected chi connectivity index (χ2v) is 11.0. The lowest BCUT2D eigenvalue weighted by atomic mass is 10.2. The molecule has 0 radical (unpaired) electrons. The van der Waals surface area contributed by atoms with Crippen molar-refractivity contribution in [2.45, 2.75) is 19.0 Å². The molecule has 10 nitrogen and oxygen atoms in total. The number of anilines is 1. The predicted octanol–water partition coefficient (Wildman–Crippen LogP) is 2.91. The van der Waals surface area contributed by atoms with Crippen molar-refractivity contribution < 1.29 is 27.4 Å². The third-order valence-corrected chi connectivity index (χ3v) is 8.43. The summed E-state index contributed by atoms with van der Waals surface area (Å²) in [6, 6.07) is 6.32. The summed E-state index contributed by atoms with van der Waals surface area (Å²) in [6.45, 7) is 0.649. The zero-order valence-electron chi connectivity index (χ0n) is 19.5. The van der Waals surface area contributed by atoms with E-state index in [4.69, 9.17) is 18.0 Å². The maximum absolute atomic E-state index is 12.4. The smallest absolute Gasteiger partial charge is 0.494 e. The average molecular weight is 483 g/mol. The van der Waals surface area contributed by atoms with Crippen LogP contribution in [0.15, 0.2) is 40.0 Å². The Labute approximate surface area is 194 Å². The number of nitrogens with one attached hydrogen (secondary N) is 1. The molecule has 0 atom stereocenters. The summed E-state index contributed by atoms with van der Waals surface area (Å²) in [4.78, 5) is 14.3. The van der Waals surface area contributed by atoms with Crippen LogP contribution in [0.4, 0.5) is 16.5 Å². The monoisotopic (exact) mass is 482 g/mol. The van der Waals surface area contributed by atoms with E-state index in [0.717, 1.165) is 5.69 Å². The molecule has 0 fully saturated rings. The van der Waals surface area contributed by atoms with Gasteiger partial charge in [-0.05, 0) is 35.0 Å². The lowest BCUT2D eigenvalue weighted by Crippen LogP contribution is -2.44. The molecular formula is C20H32N5O5SSi+. The fraction of sp³-hybridized carbons (Fsp3) is 0.500. The number of rotatable bonds is 13. The standard InChI is InChI=1S/C20H31N5O5SSi/c1-24(2)16-8-9-17(18(14-16)27-3)22-23-20-25(11-12-31-20)15-19(26)21-10-7-13-32(28-4,29-5)30-6/h8-9,11-12,14H,7,10,13,15H2,1-6H3/p+1. The number of azo groups is 1. The number of carbonyl (C=O) groups is 1. The van der Waals surface area contributed by atoms with Crippen LogP contribution in [-0.4, -0.2) is 63.8 Å². The Balaban J connectivity index is 1.94. The number of carbonyl (C=O) groups excluding carboxylic acids is 1. The van der Waals surface area contributed by atoms with Crippen LogP contribution in [0.5, 0.6) is 5.75 Å². The zero-order chi connectivity index (χ0) is 23.6. The number of ether oxygens (including phenoxy) is 1. The molecule has 0 saturated heterocycles. The minimum atomic E-state index is -2.62. The first-order valence-corrected chi connectivity index (χ1v) is 12.9. The second kappa shape index (κ2) is 12.6. The van der Waals surface area contributed by atoms with Crippen LogP contribution < -0.4 is 19.5 Å². The summed E-state index contributed by atoms with van der Waals surface area (Å²) < 4.78 is 23.3. The molecule has 2 rings (SSSR count). The number of nitrogens with zero attached hydrogens (tertiary/aromatic N) is 4. The number of benzene rings is 1. The van der Waals surface area contributed by atoms with Gasteiger partial charge in [0.05, 0.1) is 12.2 Å². The number of hydrogen-bond donors (Lipinski definition) is 1. The van der Waals surface area contributed by atoms with Gasteiger partial charge >= 0.3 is 13.9 Å². The molecule has 1 aromatic heterocycles. The molecule has 1 N–H and O–H groups in total. The first-order chi connectivity index (χ1) is 15.4. The molecule has 0 saturated carbocycles. The molecule has 0 aliphatic rings. The van der Waals surface area contributed by atoms with Gasteiger partial charge in [-0.25, -0.2) is 4.57 Å². The van der Waals surface area contributed by atoms with E-state index < -0.39 is 8.80 Å². The fourth-order valence-corrected chi connectivity index (χ4v) is 5.32. The third kappa shape index (κ3) is 7.07. The van der Waals surface area contributed by atoms with E-state index in [1.165, 1.54) is 11.3 Å². The number of methoxy groups -OCH3 is 1. The van der Waals surface area contributed by atoms with Crippen molar-refractivity contribution >= 4 is 42.6 Å². The summed E-state index contributed by atoms with van der Waals surface area (Å²) in [6.07, 6.45) is 2.50. The zero-order valence-corrected chi connectivity index (χ0v) is 21.3. The highest BCUT2D eigenvalue weighted by molar-refractivity contribution is 7.12. The van der Waals surface area contributed by atoms with Crippen LogP contribution in [0.1, 0.15) is 6.42 Å². The van der Waals surface area contributed by atoms with Crippen LogP contribution >= 0.6 is 11.3 Å². The van der Waals surface area contributed by atoms with Crippen molar-refractivity contribution in [3.8, 4) is 5.75 Å². The van der Waals surface area contributed by atoms with Gasteiger partial charge in [0.25, 0.3) is 5.91 Å². The minimum absolute atomic E-state index is 0.114. The summed E-state index contributed by atoms with van der Waals surface area (Å²) in [7, 11) is 7.63. The van der Waals surface area contributed by atoms with Gasteiger partial charge in [-0.15, -0.1) is 0 Å². The highest BCUT2D eigenvalue weighted by Gasteiger charge is 2.36. The normalized spacial score (nSPS) is 11.7. The third-order valence-electron chi connectivity index (χ3n) is 4.81. The van der Waals surface area contributed by atoms with Gasteiger partial charge in [0.2, 0.25) is 0 Å². The van der Waals surface area contributed by atoms with Gasteiger partial charge in [0.1, 0.15) is 6.20 Å². The Morgan fingerprint density at radius 1 is 1.16 bits per heavy atom. The fourth-order valence-electron chi connectivity index (χ4n) is 2.92. The van der Waals surface area contributed by atoms with Gasteiger partial charge < -0.3 is 28.2 Å². The SMILES string of the molecule is COc1cc(N(C)C)ccc1N=Nc1scc[n+]1CC(=O)NCCC[Si](OC)(OC)OC. The van der Waals surface area contributed by atoms with Gasteiger partial charge in [0.15, 0.2) is 18.0 Å². The Hall–Kier alpha value is -2.38. The second-order valence-electron chi connectivity index (χ2n) is 7.01. The van der Waals surface area contributed by atoms with E-state index >= 15 is 0 Å². The maximum Gasteiger partial charge on any atom is 0.500 e. The van der Waals surface area contributed by atoms with Gasteiger partial charge in [-0.1, -0.05) is 0 Å². The van der Waals surface area contributed by atoms with Crippen molar-refractivity contribution in [3.63, 3.8) is 0 Å². The molecule has 12 heteroatoms. The maximum atomic E-state index is 12.4.